The first-order valence-corrected chi connectivity index (χ1v) is 11.1. The standard InChI is InChI=1S/C21H22N2O7S/c1-28-16-8-12(9-17(29-2)19(16)30-3)11-22-20(24)13-4-7-15-18(10-13)31(26,27)23(21(15)25)14-5-6-14/h4,7-10,14H,5-6,11H2,1-3H3,(H,22,24). The molecule has 10 heteroatoms. The van der Waals surface area contributed by atoms with E-state index in [2.05, 4.69) is 5.32 Å². The van der Waals surface area contributed by atoms with Crippen LogP contribution in [-0.2, 0) is 16.6 Å². The molecule has 0 aromatic heterocycles. The van der Waals surface area contributed by atoms with Gasteiger partial charge in [-0.15, -0.1) is 0 Å². The molecule has 2 aromatic rings. The van der Waals surface area contributed by atoms with Crippen molar-refractivity contribution in [3.8, 4) is 17.2 Å². The first kappa shape index (κ1) is 21.0. The second-order valence-electron chi connectivity index (χ2n) is 7.26. The second-order valence-corrected chi connectivity index (χ2v) is 9.05. The monoisotopic (exact) mass is 446 g/mol. The Bertz CT molecular complexity index is 1150. The number of nitrogens with zero attached hydrogens (tertiary/aromatic N) is 1. The second kappa shape index (κ2) is 7.77. The van der Waals surface area contributed by atoms with Crippen LogP contribution in [0.4, 0.5) is 0 Å². The number of methoxy groups -OCH3 is 3. The van der Waals surface area contributed by atoms with E-state index in [9.17, 15) is 18.0 Å². The molecule has 2 amide bonds. The van der Waals surface area contributed by atoms with E-state index in [1.54, 1.807) is 12.1 Å². The Morgan fingerprint density at radius 3 is 2.26 bits per heavy atom. The molecule has 0 atom stereocenters. The normalized spacial score (nSPS) is 16.6. The van der Waals surface area contributed by atoms with Crippen LogP contribution in [0.3, 0.4) is 0 Å². The fourth-order valence-electron chi connectivity index (χ4n) is 3.58. The SMILES string of the molecule is COc1cc(CNC(=O)c2ccc3c(c2)S(=O)(=O)N(C2CC2)C3=O)cc(OC)c1OC. The molecule has 2 aromatic carbocycles. The van der Waals surface area contributed by atoms with E-state index < -0.39 is 21.8 Å². The molecule has 164 valence electrons. The molecule has 0 unspecified atom stereocenters. The molecule has 4 rings (SSSR count). The number of sulfonamides is 1. The van der Waals surface area contributed by atoms with Crippen LogP contribution in [0.5, 0.6) is 17.2 Å². The first-order valence-electron chi connectivity index (χ1n) is 9.61. The van der Waals surface area contributed by atoms with Crippen LogP contribution in [0, 0.1) is 0 Å². The molecule has 1 heterocycles. The van der Waals surface area contributed by atoms with E-state index in [1.165, 1.54) is 39.5 Å². The molecule has 31 heavy (non-hydrogen) atoms. The maximum absolute atomic E-state index is 12.8. The lowest BCUT2D eigenvalue weighted by atomic mass is 10.1. The Morgan fingerprint density at radius 2 is 1.71 bits per heavy atom. The van der Waals surface area contributed by atoms with Gasteiger partial charge in [-0.05, 0) is 48.7 Å². The summed E-state index contributed by atoms with van der Waals surface area (Å²) < 4.78 is 42.4. The number of carbonyl (C=O) groups is 2. The number of ether oxygens (including phenoxy) is 3. The summed E-state index contributed by atoms with van der Waals surface area (Å²) in [7, 11) is 0.568. The van der Waals surface area contributed by atoms with E-state index >= 15 is 0 Å². The summed E-state index contributed by atoms with van der Waals surface area (Å²) in [5.74, 6) is 0.349. The fraction of sp³-hybridized carbons (Fsp3) is 0.333. The van der Waals surface area contributed by atoms with Crippen molar-refractivity contribution in [3.05, 3.63) is 47.0 Å². The van der Waals surface area contributed by atoms with Crippen LogP contribution < -0.4 is 19.5 Å². The minimum absolute atomic E-state index is 0.105. The molecular weight excluding hydrogens is 424 g/mol. The average molecular weight is 446 g/mol. The Labute approximate surface area is 179 Å². The number of amides is 2. The van der Waals surface area contributed by atoms with Gasteiger partial charge in [-0.1, -0.05) is 0 Å². The van der Waals surface area contributed by atoms with Gasteiger partial charge >= 0.3 is 0 Å². The van der Waals surface area contributed by atoms with Gasteiger partial charge < -0.3 is 19.5 Å². The van der Waals surface area contributed by atoms with E-state index in [4.69, 9.17) is 14.2 Å². The summed E-state index contributed by atoms with van der Waals surface area (Å²) in [5, 5.41) is 2.75. The van der Waals surface area contributed by atoms with Crippen molar-refractivity contribution in [2.24, 2.45) is 0 Å². The predicted octanol–water partition coefficient (Wildman–Crippen LogP) is 1.95. The van der Waals surface area contributed by atoms with Gasteiger partial charge in [0.25, 0.3) is 21.8 Å². The van der Waals surface area contributed by atoms with Crippen molar-refractivity contribution < 1.29 is 32.2 Å². The molecule has 1 aliphatic heterocycles. The van der Waals surface area contributed by atoms with Crippen LogP contribution in [0.25, 0.3) is 0 Å². The van der Waals surface area contributed by atoms with Gasteiger partial charge in [0.2, 0.25) is 5.75 Å². The molecular formula is C21H22N2O7S. The Balaban J connectivity index is 1.55. The quantitative estimate of drug-likeness (QED) is 0.692. The molecule has 0 radical (unpaired) electrons. The molecule has 9 nitrogen and oxygen atoms in total. The summed E-state index contributed by atoms with van der Waals surface area (Å²) >= 11 is 0. The van der Waals surface area contributed by atoms with Crippen LogP contribution in [-0.4, -0.2) is 51.9 Å². The number of benzene rings is 2. The first-order chi connectivity index (χ1) is 14.8. The number of rotatable bonds is 7. The highest BCUT2D eigenvalue weighted by Gasteiger charge is 2.48. The molecule has 2 aliphatic rings. The lowest BCUT2D eigenvalue weighted by Gasteiger charge is -2.14. The van der Waals surface area contributed by atoms with E-state index in [0.717, 1.165) is 4.31 Å². The van der Waals surface area contributed by atoms with Gasteiger partial charge in [0.05, 0.1) is 26.9 Å². The van der Waals surface area contributed by atoms with Crippen LogP contribution in [0.15, 0.2) is 35.2 Å². The van der Waals surface area contributed by atoms with Gasteiger partial charge in [0, 0.05) is 18.2 Å². The van der Waals surface area contributed by atoms with Crippen LogP contribution in [0.1, 0.15) is 39.1 Å². The summed E-state index contributed by atoms with van der Waals surface area (Å²) in [6.07, 6.45) is 1.34. The largest absolute Gasteiger partial charge is 0.493 e. The molecule has 1 N–H and O–H groups in total. The Morgan fingerprint density at radius 1 is 1.06 bits per heavy atom. The average Bonchev–Trinajstić information content (AvgIpc) is 3.57. The maximum atomic E-state index is 12.8. The molecule has 1 aliphatic carbocycles. The number of hydrogen-bond donors (Lipinski definition) is 1. The number of nitrogens with one attached hydrogen (secondary N) is 1. The zero-order chi connectivity index (χ0) is 22.3. The third-order valence-electron chi connectivity index (χ3n) is 5.27. The summed E-state index contributed by atoms with van der Waals surface area (Å²) in [4.78, 5) is 25.0. The summed E-state index contributed by atoms with van der Waals surface area (Å²) in [6, 6.07) is 7.25. The highest BCUT2D eigenvalue weighted by Crippen LogP contribution is 2.40. The van der Waals surface area contributed by atoms with Gasteiger partial charge in [-0.25, -0.2) is 12.7 Å². The van der Waals surface area contributed by atoms with Crippen molar-refractivity contribution in [2.45, 2.75) is 30.3 Å². The number of hydrogen-bond acceptors (Lipinski definition) is 7. The lowest BCUT2D eigenvalue weighted by molar-refractivity contribution is 0.0863. The number of carbonyl (C=O) groups excluding carboxylic acids is 2. The van der Waals surface area contributed by atoms with Crippen molar-refractivity contribution in [1.82, 2.24) is 9.62 Å². The van der Waals surface area contributed by atoms with Gasteiger partial charge in [-0.3, -0.25) is 9.59 Å². The summed E-state index contributed by atoms with van der Waals surface area (Å²) in [6.45, 7) is 0.145. The highest BCUT2D eigenvalue weighted by atomic mass is 32.2. The van der Waals surface area contributed by atoms with E-state index in [1.807, 2.05) is 0 Å². The number of fused-ring (bicyclic) bond motifs is 1. The third kappa shape index (κ3) is 3.56. The maximum Gasteiger partial charge on any atom is 0.269 e. The fourth-order valence-corrected chi connectivity index (χ4v) is 5.42. The zero-order valence-electron chi connectivity index (χ0n) is 17.3. The summed E-state index contributed by atoms with van der Waals surface area (Å²) in [5.41, 5.74) is 0.958. The molecule has 0 spiro atoms. The molecule has 1 fully saturated rings. The Hall–Kier alpha value is -3.27. The Kier molecular flexibility index (Phi) is 5.26. The predicted molar refractivity (Wildman–Crippen MR) is 110 cm³/mol. The minimum Gasteiger partial charge on any atom is -0.493 e. The molecule has 0 bridgehead atoms. The smallest absolute Gasteiger partial charge is 0.269 e. The third-order valence-corrected chi connectivity index (χ3v) is 7.14. The van der Waals surface area contributed by atoms with Gasteiger partial charge in [-0.2, -0.15) is 0 Å². The van der Waals surface area contributed by atoms with Crippen molar-refractivity contribution in [3.63, 3.8) is 0 Å². The molecule has 0 saturated heterocycles. The van der Waals surface area contributed by atoms with Gasteiger partial charge in [0.15, 0.2) is 11.5 Å². The van der Waals surface area contributed by atoms with Crippen molar-refractivity contribution >= 4 is 21.8 Å². The van der Waals surface area contributed by atoms with Crippen LogP contribution >= 0.6 is 0 Å². The zero-order valence-corrected chi connectivity index (χ0v) is 18.1. The van der Waals surface area contributed by atoms with Crippen LogP contribution in [0.2, 0.25) is 0 Å². The van der Waals surface area contributed by atoms with Gasteiger partial charge in [0.1, 0.15) is 4.90 Å². The van der Waals surface area contributed by atoms with E-state index in [0.29, 0.717) is 35.7 Å². The van der Waals surface area contributed by atoms with Crippen molar-refractivity contribution in [1.29, 1.82) is 0 Å². The van der Waals surface area contributed by atoms with E-state index in [-0.39, 0.29) is 28.6 Å². The topological polar surface area (TPSA) is 111 Å². The van der Waals surface area contributed by atoms with Crippen molar-refractivity contribution in [2.75, 3.05) is 21.3 Å². The molecule has 1 saturated carbocycles. The highest BCUT2D eigenvalue weighted by molar-refractivity contribution is 7.90. The minimum atomic E-state index is -3.92. The lowest BCUT2D eigenvalue weighted by Crippen LogP contribution is -2.32.